The van der Waals surface area contributed by atoms with Crippen molar-refractivity contribution in [2.45, 2.75) is 45.0 Å². The van der Waals surface area contributed by atoms with Crippen LogP contribution in [0.25, 0.3) is 0 Å². The third-order valence-corrected chi connectivity index (χ3v) is 5.31. The second-order valence-electron chi connectivity index (χ2n) is 8.16. The maximum absolute atomic E-state index is 12.6. The predicted octanol–water partition coefficient (Wildman–Crippen LogP) is 4.21. The minimum absolute atomic E-state index is 0.0597. The van der Waals surface area contributed by atoms with Crippen molar-refractivity contribution in [3.63, 3.8) is 0 Å². The van der Waals surface area contributed by atoms with E-state index >= 15 is 0 Å². The van der Waals surface area contributed by atoms with E-state index in [1.54, 1.807) is 68.5 Å². The molecule has 1 aliphatic heterocycles. The number of hydrogen-bond donors (Lipinski definition) is 1. The fourth-order valence-electron chi connectivity index (χ4n) is 3.51. The van der Waals surface area contributed by atoms with Gasteiger partial charge in [-0.05, 0) is 44.5 Å². The van der Waals surface area contributed by atoms with Crippen LogP contribution in [-0.4, -0.2) is 42.8 Å². The first kappa shape index (κ1) is 24.9. The fraction of sp³-hybridized carbons (Fsp3) is 0.296. The summed E-state index contributed by atoms with van der Waals surface area (Å²) in [4.78, 5) is 37.1. The molecule has 0 radical (unpaired) electrons. The Morgan fingerprint density at radius 3 is 2.18 bits per heavy atom. The molecule has 1 aliphatic rings. The van der Waals surface area contributed by atoms with E-state index in [1.165, 1.54) is 0 Å². The molecule has 178 valence electrons. The molecule has 7 heteroatoms. The van der Waals surface area contributed by atoms with E-state index in [0.29, 0.717) is 35.2 Å². The van der Waals surface area contributed by atoms with Gasteiger partial charge >= 0.3 is 11.9 Å². The Morgan fingerprint density at radius 1 is 1.00 bits per heavy atom. The van der Waals surface area contributed by atoms with E-state index in [2.05, 4.69) is 11.9 Å². The number of allylic oxidation sites excluding steroid dienone is 1. The Hall–Kier alpha value is -3.71. The first-order valence-electron chi connectivity index (χ1n) is 11.1. The molecule has 2 aromatic rings. The molecule has 0 bridgehead atoms. The summed E-state index contributed by atoms with van der Waals surface area (Å²) in [6.07, 6.45) is 1.11. The predicted molar refractivity (Wildman–Crippen MR) is 127 cm³/mol. The van der Waals surface area contributed by atoms with Crippen molar-refractivity contribution >= 4 is 17.8 Å². The summed E-state index contributed by atoms with van der Waals surface area (Å²) in [5.41, 5.74) is 1.95. The molecule has 1 N–H and O–H groups in total. The standard InChI is InChI=1S/C27H29NO6/c1-18(2)28-25(29)19(3)14-15-22-16-23(34-27(31)21-12-8-5-9-13-21)24(33-22)17-32-26(30)20-10-6-4-7-11-20/h4-14,22-24H,1,15-17H2,2-3H3,(H,28,29)/b19-14-. The lowest BCUT2D eigenvalue weighted by Crippen LogP contribution is -2.32. The van der Waals surface area contributed by atoms with Gasteiger partial charge < -0.3 is 19.5 Å². The number of benzene rings is 2. The van der Waals surface area contributed by atoms with Crippen LogP contribution in [0.4, 0.5) is 0 Å². The number of esters is 2. The van der Waals surface area contributed by atoms with Gasteiger partial charge in [-0.25, -0.2) is 9.59 Å². The summed E-state index contributed by atoms with van der Waals surface area (Å²) in [6.45, 7) is 7.02. The van der Waals surface area contributed by atoms with Gasteiger partial charge in [-0.1, -0.05) is 49.1 Å². The molecule has 1 amide bonds. The molecular weight excluding hydrogens is 434 g/mol. The van der Waals surface area contributed by atoms with Crippen molar-refractivity contribution in [2.75, 3.05) is 6.61 Å². The number of carbonyl (C=O) groups is 3. The van der Waals surface area contributed by atoms with Crippen molar-refractivity contribution in [3.8, 4) is 0 Å². The Kier molecular flexibility index (Phi) is 8.76. The highest BCUT2D eigenvalue weighted by atomic mass is 16.6. The maximum atomic E-state index is 12.6. The van der Waals surface area contributed by atoms with Crippen LogP contribution >= 0.6 is 0 Å². The molecule has 3 rings (SSSR count). The Bertz CT molecular complexity index is 1050. The minimum atomic E-state index is -0.622. The van der Waals surface area contributed by atoms with Crippen LogP contribution < -0.4 is 5.32 Å². The lowest BCUT2D eigenvalue weighted by molar-refractivity contribution is -0.116. The van der Waals surface area contributed by atoms with Crippen LogP contribution in [0.5, 0.6) is 0 Å². The number of nitrogens with one attached hydrogen (secondary N) is 1. The summed E-state index contributed by atoms with van der Waals surface area (Å²) in [7, 11) is 0. The van der Waals surface area contributed by atoms with Gasteiger partial charge in [0, 0.05) is 17.7 Å². The zero-order chi connectivity index (χ0) is 24.5. The molecule has 1 saturated heterocycles. The molecule has 0 aliphatic carbocycles. The third-order valence-electron chi connectivity index (χ3n) is 5.31. The zero-order valence-electron chi connectivity index (χ0n) is 19.4. The van der Waals surface area contributed by atoms with Gasteiger partial charge in [-0.3, -0.25) is 4.79 Å². The number of ether oxygens (including phenoxy) is 3. The number of amides is 1. The molecular formula is C27H29NO6. The number of hydrogen-bond acceptors (Lipinski definition) is 6. The highest BCUT2D eigenvalue weighted by molar-refractivity contribution is 5.93. The van der Waals surface area contributed by atoms with E-state index in [-0.39, 0.29) is 18.6 Å². The minimum Gasteiger partial charge on any atom is -0.459 e. The van der Waals surface area contributed by atoms with E-state index in [0.717, 1.165) is 0 Å². The van der Waals surface area contributed by atoms with E-state index in [1.807, 2.05) is 12.1 Å². The third kappa shape index (κ3) is 7.15. The molecule has 1 heterocycles. The second kappa shape index (κ2) is 12.0. The maximum Gasteiger partial charge on any atom is 0.338 e. The van der Waals surface area contributed by atoms with E-state index < -0.39 is 24.1 Å². The normalized spacial score (nSPS) is 19.8. The molecule has 0 spiro atoms. The topological polar surface area (TPSA) is 90.9 Å². The van der Waals surface area contributed by atoms with Gasteiger partial charge in [0.2, 0.25) is 0 Å². The molecule has 3 atom stereocenters. The Labute approximate surface area is 199 Å². The molecule has 3 unspecified atom stereocenters. The summed E-state index contributed by atoms with van der Waals surface area (Å²) < 4.78 is 17.2. The highest BCUT2D eigenvalue weighted by Gasteiger charge is 2.38. The summed E-state index contributed by atoms with van der Waals surface area (Å²) in [6, 6.07) is 17.3. The molecule has 1 fully saturated rings. The van der Waals surface area contributed by atoms with Gasteiger partial charge in [0.05, 0.1) is 17.2 Å². The van der Waals surface area contributed by atoms with Gasteiger partial charge in [-0.2, -0.15) is 0 Å². The van der Waals surface area contributed by atoms with Crippen LogP contribution in [0.3, 0.4) is 0 Å². The summed E-state index contributed by atoms with van der Waals surface area (Å²) >= 11 is 0. The van der Waals surface area contributed by atoms with Crippen LogP contribution in [0.2, 0.25) is 0 Å². The van der Waals surface area contributed by atoms with Crippen molar-refractivity contribution < 1.29 is 28.6 Å². The average Bonchev–Trinajstić information content (AvgIpc) is 3.22. The van der Waals surface area contributed by atoms with Gasteiger partial charge in [0.1, 0.15) is 18.8 Å². The van der Waals surface area contributed by atoms with Crippen LogP contribution in [0.15, 0.2) is 84.6 Å². The average molecular weight is 464 g/mol. The smallest absolute Gasteiger partial charge is 0.338 e. The van der Waals surface area contributed by atoms with Gasteiger partial charge in [-0.15, -0.1) is 0 Å². The summed E-state index contributed by atoms with van der Waals surface area (Å²) in [5, 5.41) is 2.66. The lowest BCUT2D eigenvalue weighted by atomic mass is 10.1. The zero-order valence-corrected chi connectivity index (χ0v) is 19.4. The molecule has 2 aromatic carbocycles. The van der Waals surface area contributed by atoms with Crippen molar-refractivity contribution in [3.05, 3.63) is 95.7 Å². The Morgan fingerprint density at radius 2 is 1.59 bits per heavy atom. The second-order valence-corrected chi connectivity index (χ2v) is 8.16. The van der Waals surface area contributed by atoms with Gasteiger partial charge in [0.15, 0.2) is 0 Å². The van der Waals surface area contributed by atoms with Crippen LogP contribution in [0, 0.1) is 0 Å². The first-order valence-corrected chi connectivity index (χ1v) is 11.1. The summed E-state index contributed by atoms with van der Waals surface area (Å²) in [5.74, 6) is -1.18. The lowest BCUT2D eigenvalue weighted by Gasteiger charge is -2.19. The molecule has 34 heavy (non-hydrogen) atoms. The molecule has 0 saturated carbocycles. The van der Waals surface area contributed by atoms with Crippen LogP contribution in [0.1, 0.15) is 47.4 Å². The largest absolute Gasteiger partial charge is 0.459 e. The fourth-order valence-corrected chi connectivity index (χ4v) is 3.51. The van der Waals surface area contributed by atoms with Gasteiger partial charge in [0.25, 0.3) is 5.91 Å². The van der Waals surface area contributed by atoms with Crippen molar-refractivity contribution in [2.24, 2.45) is 0 Å². The SMILES string of the molecule is C=C(C)NC(=O)/C(C)=C\CC1CC(OC(=O)c2ccccc2)C(COC(=O)c2ccccc2)O1. The molecule has 7 nitrogen and oxygen atoms in total. The quantitative estimate of drug-likeness (QED) is 0.443. The van der Waals surface area contributed by atoms with Crippen molar-refractivity contribution in [1.29, 1.82) is 0 Å². The Balaban J connectivity index is 1.65. The van der Waals surface area contributed by atoms with Crippen molar-refractivity contribution in [1.82, 2.24) is 5.32 Å². The first-order chi connectivity index (χ1) is 16.3. The highest BCUT2D eigenvalue weighted by Crippen LogP contribution is 2.27. The monoisotopic (exact) mass is 463 g/mol. The van der Waals surface area contributed by atoms with Crippen LogP contribution in [-0.2, 0) is 19.0 Å². The molecule has 0 aromatic heterocycles. The van der Waals surface area contributed by atoms with E-state index in [4.69, 9.17) is 14.2 Å². The number of rotatable bonds is 9. The van der Waals surface area contributed by atoms with E-state index in [9.17, 15) is 14.4 Å². The number of carbonyl (C=O) groups excluding carboxylic acids is 3.